The van der Waals surface area contributed by atoms with Crippen LogP contribution in [0.2, 0.25) is 0 Å². The first-order valence-electron chi connectivity index (χ1n) is 7.89. The molecule has 0 aliphatic heterocycles. The van der Waals surface area contributed by atoms with E-state index in [1.54, 1.807) is 0 Å². The molecule has 108 valence electrons. The van der Waals surface area contributed by atoms with Gasteiger partial charge in [-0.05, 0) is 78.6 Å². The molecule has 4 heteroatoms. The number of hydrogen-bond donors (Lipinski definition) is 1. The molecule has 0 aromatic carbocycles. The van der Waals surface area contributed by atoms with Gasteiger partial charge in [0.25, 0.3) is 5.56 Å². The summed E-state index contributed by atoms with van der Waals surface area (Å²) in [5.74, 6) is 3.61. The van der Waals surface area contributed by atoms with Crippen molar-refractivity contribution in [3.63, 3.8) is 0 Å². The standard InChI is InChI=1S/C16H21BrN2O/c1-2-12-13(17)14(20)19-15(18-12)16-6-9-3-10(7-16)5-11(4-9)8-16/h9-11H,2-8H2,1H3,(H,18,19,20). The fourth-order valence-corrected chi connectivity index (χ4v) is 5.86. The molecular formula is C16H21BrN2O. The smallest absolute Gasteiger partial charge is 0.265 e. The van der Waals surface area contributed by atoms with Crippen molar-refractivity contribution in [2.45, 2.75) is 57.3 Å². The lowest BCUT2D eigenvalue weighted by atomic mass is 9.49. The van der Waals surface area contributed by atoms with Crippen molar-refractivity contribution < 1.29 is 0 Å². The van der Waals surface area contributed by atoms with Crippen LogP contribution in [-0.2, 0) is 11.8 Å². The number of halogens is 1. The summed E-state index contributed by atoms with van der Waals surface area (Å²) in [5.41, 5.74) is 1.10. The maximum atomic E-state index is 12.2. The van der Waals surface area contributed by atoms with Crippen LogP contribution in [0.15, 0.2) is 9.27 Å². The fraction of sp³-hybridized carbons (Fsp3) is 0.750. The summed E-state index contributed by atoms with van der Waals surface area (Å²) in [6.45, 7) is 2.07. The molecule has 1 N–H and O–H groups in total. The molecule has 4 aliphatic carbocycles. The Kier molecular flexibility index (Phi) is 2.89. The van der Waals surface area contributed by atoms with Crippen LogP contribution in [0.1, 0.15) is 57.0 Å². The lowest BCUT2D eigenvalue weighted by Crippen LogP contribution is -2.50. The Morgan fingerprint density at radius 3 is 2.25 bits per heavy atom. The van der Waals surface area contributed by atoms with Gasteiger partial charge in [-0.1, -0.05) is 6.92 Å². The third-order valence-corrected chi connectivity index (χ3v) is 6.62. The Labute approximate surface area is 127 Å². The highest BCUT2D eigenvalue weighted by Gasteiger charge is 2.53. The van der Waals surface area contributed by atoms with Crippen molar-refractivity contribution >= 4 is 15.9 Å². The van der Waals surface area contributed by atoms with Gasteiger partial charge in [-0.25, -0.2) is 4.98 Å². The summed E-state index contributed by atoms with van der Waals surface area (Å²) < 4.78 is 0.619. The van der Waals surface area contributed by atoms with E-state index in [9.17, 15) is 4.79 Å². The molecular weight excluding hydrogens is 316 g/mol. The first-order chi connectivity index (χ1) is 9.59. The molecule has 0 atom stereocenters. The van der Waals surface area contributed by atoms with Gasteiger partial charge in [0, 0.05) is 5.41 Å². The highest BCUT2D eigenvalue weighted by molar-refractivity contribution is 9.10. The van der Waals surface area contributed by atoms with Crippen LogP contribution >= 0.6 is 15.9 Å². The van der Waals surface area contributed by atoms with E-state index >= 15 is 0 Å². The van der Waals surface area contributed by atoms with Crippen molar-refractivity contribution in [2.75, 3.05) is 0 Å². The van der Waals surface area contributed by atoms with E-state index < -0.39 is 0 Å². The van der Waals surface area contributed by atoms with E-state index in [1.165, 1.54) is 38.5 Å². The monoisotopic (exact) mass is 336 g/mol. The first-order valence-corrected chi connectivity index (χ1v) is 8.68. The van der Waals surface area contributed by atoms with Gasteiger partial charge in [0.2, 0.25) is 0 Å². The quantitative estimate of drug-likeness (QED) is 0.897. The average Bonchev–Trinajstić information content (AvgIpc) is 2.40. The van der Waals surface area contributed by atoms with Crippen molar-refractivity contribution in [2.24, 2.45) is 17.8 Å². The summed E-state index contributed by atoms with van der Waals surface area (Å²) in [6, 6.07) is 0. The molecule has 0 amide bonds. The highest BCUT2D eigenvalue weighted by Crippen LogP contribution is 2.60. The van der Waals surface area contributed by atoms with Gasteiger partial charge >= 0.3 is 0 Å². The van der Waals surface area contributed by atoms with Crippen molar-refractivity contribution in [1.82, 2.24) is 9.97 Å². The molecule has 4 bridgehead atoms. The zero-order valence-electron chi connectivity index (χ0n) is 11.9. The van der Waals surface area contributed by atoms with Gasteiger partial charge in [-0.15, -0.1) is 0 Å². The lowest BCUT2D eigenvalue weighted by Gasteiger charge is -2.56. The molecule has 5 rings (SSSR count). The minimum absolute atomic E-state index is 0.00240. The Morgan fingerprint density at radius 1 is 1.20 bits per heavy atom. The number of H-pyrrole nitrogens is 1. The van der Waals surface area contributed by atoms with Crippen LogP contribution in [0, 0.1) is 17.8 Å². The van der Waals surface area contributed by atoms with Crippen LogP contribution in [0.3, 0.4) is 0 Å². The molecule has 1 heterocycles. The average molecular weight is 337 g/mol. The molecule has 1 aromatic rings. The number of nitrogens with one attached hydrogen (secondary N) is 1. The molecule has 3 nitrogen and oxygen atoms in total. The minimum Gasteiger partial charge on any atom is -0.309 e. The molecule has 0 saturated heterocycles. The predicted molar refractivity (Wildman–Crippen MR) is 81.8 cm³/mol. The summed E-state index contributed by atoms with van der Waals surface area (Å²) >= 11 is 3.38. The molecule has 0 radical (unpaired) electrons. The third kappa shape index (κ3) is 1.83. The van der Waals surface area contributed by atoms with E-state index in [-0.39, 0.29) is 11.0 Å². The van der Waals surface area contributed by atoms with Crippen LogP contribution in [0.5, 0.6) is 0 Å². The Morgan fingerprint density at radius 2 is 1.75 bits per heavy atom. The van der Waals surface area contributed by atoms with E-state index in [0.717, 1.165) is 35.7 Å². The van der Waals surface area contributed by atoms with E-state index in [4.69, 9.17) is 4.98 Å². The topological polar surface area (TPSA) is 45.8 Å². The van der Waals surface area contributed by atoms with Gasteiger partial charge in [-0.2, -0.15) is 0 Å². The van der Waals surface area contributed by atoms with Crippen molar-refractivity contribution in [3.8, 4) is 0 Å². The van der Waals surface area contributed by atoms with Crippen molar-refractivity contribution in [3.05, 3.63) is 26.3 Å². The summed E-state index contributed by atoms with van der Waals surface area (Å²) in [7, 11) is 0. The van der Waals surface area contributed by atoms with Gasteiger partial charge in [0.05, 0.1) is 5.69 Å². The Balaban J connectivity index is 1.81. The molecule has 20 heavy (non-hydrogen) atoms. The van der Waals surface area contributed by atoms with Gasteiger partial charge in [0.1, 0.15) is 10.3 Å². The summed E-state index contributed by atoms with van der Waals surface area (Å²) in [5, 5.41) is 0. The number of aromatic amines is 1. The molecule has 4 aliphatic rings. The fourth-order valence-electron chi connectivity index (χ4n) is 5.39. The van der Waals surface area contributed by atoms with Crippen LogP contribution < -0.4 is 5.56 Å². The molecule has 1 aromatic heterocycles. The number of nitrogens with zero attached hydrogens (tertiary/aromatic N) is 1. The molecule has 0 spiro atoms. The molecule has 4 saturated carbocycles. The number of aryl methyl sites for hydroxylation is 1. The number of aromatic nitrogens is 2. The normalized spacial score (nSPS) is 38.4. The second-order valence-corrected chi connectivity index (χ2v) is 8.02. The number of rotatable bonds is 2. The Bertz CT molecular complexity index is 572. The van der Waals surface area contributed by atoms with Crippen molar-refractivity contribution in [1.29, 1.82) is 0 Å². The van der Waals surface area contributed by atoms with Gasteiger partial charge in [-0.3, -0.25) is 4.79 Å². The summed E-state index contributed by atoms with van der Waals surface area (Å²) in [4.78, 5) is 20.1. The molecule has 4 fully saturated rings. The van der Waals surface area contributed by atoms with Crippen LogP contribution in [0.4, 0.5) is 0 Å². The maximum Gasteiger partial charge on any atom is 0.265 e. The second-order valence-electron chi connectivity index (χ2n) is 7.23. The second kappa shape index (κ2) is 4.43. The van der Waals surface area contributed by atoms with E-state index in [2.05, 4.69) is 27.8 Å². The Hall–Kier alpha value is -0.640. The van der Waals surface area contributed by atoms with Gasteiger partial charge in [0.15, 0.2) is 0 Å². The first kappa shape index (κ1) is 13.1. The van der Waals surface area contributed by atoms with Gasteiger partial charge < -0.3 is 4.98 Å². The predicted octanol–water partition coefficient (Wildman–Crippen LogP) is 3.56. The van der Waals surface area contributed by atoms with Crippen LogP contribution in [0.25, 0.3) is 0 Å². The lowest BCUT2D eigenvalue weighted by molar-refractivity contribution is -0.00962. The zero-order chi connectivity index (χ0) is 13.9. The largest absolute Gasteiger partial charge is 0.309 e. The van der Waals surface area contributed by atoms with Crippen LogP contribution in [-0.4, -0.2) is 9.97 Å². The van der Waals surface area contributed by atoms with E-state index in [1.807, 2.05) is 0 Å². The maximum absolute atomic E-state index is 12.2. The SMILES string of the molecule is CCc1nc(C23CC4CC(CC(C4)C2)C3)[nH]c(=O)c1Br. The minimum atomic E-state index is 0.00240. The summed E-state index contributed by atoms with van der Waals surface area (Å²) in [6.07, 6.45) is 8.79. The van der Waals surface area contributed by atoms with E-state index in [0.29, 0.717) is 4.47 Å². The third-order valence-electron chi connectivity index (χ3n) is 5.81. The highest BCUT2D eigenvalue weighted by atomic mass is 79.9. The molecule has 0 unspecified atom stereocenters. The zero-order valence-corrected chi connectivity index (χ0v) is 13.5. The number of hydrogen-bond acceptors (Lipinski definition) is 2.